The Labute approximate surface area is 119 Å². The molecule has 4 heteroatoms. The molecule has 102 valence electrons. The number of aliphatic hydroxyl groups excluding tert-OH is 1. The van der Waals surface area contributed by atoms with E-state index in [4.69, 9.17) is 16.7 Å². The summed E-state index contributed by atoms with van der Waals surface area (Å²) in [6, 6.07) is 5.10. The number of nitrogens with one attached hydrogen (secondary N) is 1. The molecule has 0 fully saturated rings. The molecule has 0 aliphatic carbocycles. The number of hydrogen-bond donors (Lipinski definition) is 2. The fourth-order valence-corrected chi connectivity index (χ4v) is 1.78. The van der Waals surface area contributed by atoms with Crippen molar-refractivity contribution in [3.05, 3.63) is 28.8 Å². The molecule has 0 saturated carbocycles. The third-order valence-corrected chi connectivity index (χ3v) is 2.80. The van der Waals surface area contributed by atoms with Crippen LogP contribution in [0.25, 0.3) is 0 Å². The fourth-order valence-electron chi connectivity index (χ4n) is 1.61. The van der Waals surface area contributed by atoms with Crippen molar-refractivity contribution in [2.24, 2.45) is 0 Å². The van der Waals surface area contributed by atoms with Gasteiger partial charge in [-0.1, -0.05) is 43.2 Å². The summed E-state index contributed by atoms with van der Waals surface area (Å²) in [6.07, 6.45) is 3.49. The Morgan fingerprint density at radius 3 is 2.89 bits per heavy atom. The minimum Gasteiger partial charge on any atom is -0.384 e. The predicted molar refractivity (Wildman–Crippen MR) is 78.2 cm³/mol. The first-order chi connectivity index (χ1) is 9.17. The Bertz CT molecular complexity index is 489. The van der Waals surface area contributed by atoms with Crippen molar-refractivity contribution in [1.82, 2.24) is 0 Å². The summed E-state index contributed by atoms with van der Waals surface area (Å²) in [5, 5.41) is 12.1. The lowest BCUT2D eigenvalue weighted by Crippen LogP contribution is -2.12. The Morgan fingerprint density at radius 2 is 2.21 bits per heavy atom. The number of unbranched alkanes of at least 4 members (excludes halogenated alkanes) is 2. The summed E-state index contributed by atoms with van der Waals surface area (Å²) < 4.78 is 0. The number of rotatable bonds is 5. The molecule has 0 aliphatic heterocycles. The number of hydrogen-bond acceptors (Lipinski definition) is 2. The van der Waals surface area contributed by atoms with E-state index in [2.05, 4.69) is 24.1 Å². The fraction of sp³-hybridized carbons (Fsp3) is 0.400. The number of benzene rings is 1. The lowest BCUT2D eigenvalue weighted by atomic mass is 10.1. The van der Waals surface area contributed by atoms with Gasteiger partial charge in [-0.15, -0.1) is 0 Å². The maximum Gasteiger partial charge on any atom is 0.224 e. The van der Waals surface area contributed by atoms with Crippen molar-refractivity contribution in [2.75, 3.05) is 11.9 Å². The number of carbonyl (C=O) groups is 1. The number of aliphatic hydroxyl groups is 1. The molecule has 3 nitrogen and oxygen atoms in total. The average Bonchev–Trinajstić information content (AvgIpc) is 2.38. The highest BCUT2D eigenvalue weighted by atomic mass is 35.5. The molecule has 1 amide bonds. The number of carbonyl (C=O) groups excluding carboxylic acids is 1. The van der Waals surface area contributed by atoms with Crippen LogP contribution in [-0.2, 0) is 4.79 Å². The predicted octanol–water partition coefficient (Wildman–Crippen LogP) is 3.20. The van der Waals surface area contributed by atoms with Crippen LogP contribution in [0.4, 0.5) is 5.69 Å². The monoisotopic (exact) mass is 279 g/mol. The molecule has 0 atom stereocenters. The molecule has 0 unspecified atom stereocenters. The summed E-state index contributed by atoms with van der Waals surface area (Å²) in [7, 11) is 0. The van der Waals surface area contributed by atoms with E-state index in [1.54, 1.807) is 18.2 Å². The SMILES string of the molecule is CCCCCC(=O)Nc1cc(Cl)ccc1C#CCO. The molecule has 0 aromatic heterocycles. The summed E-state index contributed by atoms with van der Waals surface area (Å²) in [5.41, 5.74) is 1.25. The van der Waals surface area contributed by atoms with E-state index in [0.717, 1.165) is 19.3 Å². The Kier molecular flexibility index (Phi) is 7.02. The first-order valence-electron chi connectivity index (χ1n) is 6.36. The molecule has 0 heterocycles. The zero-order chi connectivity index (χ0) is 14.1. The van der Waals surface area contributed by atoms with Gasteiger partial charge in [0, 0.05) is 17.0 Å². The van der Waals surface area contributed by atoms with Crippen LogP contribution in [0.5, 0.6) is 0 Å². The van der Waals surface area contributed by atoms with Gasteiger partial charge in [0.2, 0.25) is 5.91 Å². The minimum atomic E-state index is -0.216. The van der Waals surface area contributed by atoms with Crippen LogP contribution in [0.2, 0.25) is 5.02 Å². The molecule has 0 aliphatic rings. The van der Waals surface area contributed by atoms with E-state index in [-0.39, 0.29) is 12.5 Å². The van der Waals surface area contributed by atoms with Gasteiger partial charge in [0.25, 0.3) is 0 Å². The van der Waals surface area contributed by atoms with Crippen molar-refractivity contribution in [1.29, 1.82) is 0 Å². The third-order valence-electron chi connectivity index (χ3n) is 2.57. The Morgan fingerprint density at radius 1 is 1.42 bits per heavy atom. The Balaban J connectivity index is 2.75. The van der Waals surface area contributed by atoms with Crippen molar-refractivity contribution in [3.8, 4) is 11.8 Å². The van der Waals surface area contributed by atoms with Crippen molar-refractivity contribution >= 4 is 23.2 Å². The van der Waals surface area contributed by atoms with Crippen LogP contribution in [-0.4, -0.2) is 17.6 Å². The lowest BCUT2D eigenvalue weighted by molar-refractivity contribution is -0.116. The highest BCUT2D eigenvalue weighted by Crippen LogP contribution is 2.20. The minimum absolute atomic E-state index is 0.0391. The van der Waals surface area contributed by atoms with Crippen molar-refractivity contribution in [3.63, 3.8) is 0 Å². The van der Waals surface area contributed by atoms with E-state index in [0.29, 0.717) is 22.7 Å². The standard InChI is InChI=1S/C15H18ClNO2/c1-2-3-4-7-15(19)17-14-11-13(16)9-8-12(14)6-5-10-18/h8-9,11,18H,2-4,7,10H2,1H3,(H,17,19). The van der Waals surface area contributed by atoms with Gasteiger partial charge in [0.1, 0.15) is 6.61 Å². The van der Waals surface area contributed by atoms with Gasteiger partial charge < -0.3 is 10.4 Å². The van der Waals surface area contributed by atoms with E-state index in [9.17, 15) is 4.79 Å². The number of anilines is 1. The van der Waals surface area contributed by atoms with Gasteiger partial charge >= 0.3 is 0 Å². The van der Waals surface area contributed by atoms with Crippen LogP contribution < -0.4 is 5.32 Å². The lowest BCUT2D eigenvalue weighted by Gasteiger charge is -2.08. The van der Waals surface area contributed by atoms with Gasteiger partial charge in [-0.25, -0.2) is 0 Å². The first-order valence-corrected chi connectivity index (χ1v) is 6.74. The van der Waals surface area contributed by atoms with E-state index >= 15 is 0 Å². The van der Waals surface area contributed by atoms with Crippen LogP contribution in [0.15, 0.2) is 18.2 Å². The molecular weight excluding hydrogens is 262 g/mol. The average molecular weight is 280 g/mol. The maximum atomic E-state index is 11.8. The summed E-state index contributed by atoms with van der Waals surface area (Å²) in [6.45, 7) is 1.88. The van der Waals surface area contributed by atoms with Crippen molar-refractivity contribution in [2.45, 2.75) is 32.6 Å². The topological polar surface area (TPSA) is 49.3 Å². The highest BCUT2D eigenvalue weighted by molar-refractivity contribution is 6.31. The molecule has 2 N–H and O–H groups in total. The van der Waals surface area contributed by atoms with E-state index < -0.39 is 0 Å². The van der Waals surface area contributed by atoms with Crippen LogP contribution >= 0.6 is 11.6 Å². The number of halogens is 1. The summed E-state index contributed by atoms with van der Waals surface area (Å²) in [4.78, 5) is 11.8. The van der Waals surface area contributed by atoms with Gasteiger partial charge in [0.05, 0.1) is 5.69 Å². The van der Waals surface area contributed by atoms with Crippen LogP contribution in [0.3, 0.4) is 0 Å². The maximum absolute atomic E-state index is 11.8. The zero-order valence-corrected chi connectivity index (χ0v) is 11.8. The van der Waals surface area contributed by atoms with Crippen LogP contribution in [0, 0.1) is 11.8 Å². The molecule has 19 heavy (non-hydrogen) atoms. The molecule has 0 saturated heterocycles. The summed E-state index contributed by atoms with van der Waals surface area (Å²) in [5.74, 6) is 5.31. The highest BCUT2D eigenvalue weighted by Gasteiger charge is 2.06. The number of amides is 1. The largest absolute Gasteiger partial charge is 0.384 e. The van der Waals surface area contributed by atoms with Gasteiger partial charge in [-0.3, -0.25) is 4.79 Å². The second-order valence-corrected chi connectivity index (χ2v) is 4.59. The second kappa shape index (κ2) is 8.58. The van der Waals surface area contributed by atoms with Gasteiger partial charge in [0.15, 0.2) is 0 Å². The molecule has 1 rings (SSSR count). The smallest absolute Gasteiger partial charge is 0.224 e. The summed E-state index contributed by atoms with van der Waals surface area (Å²) >= 11 is 5.91. The normalized spacial score (nSPS) is 9.63. The van der Waals surface area contributed by atoms with Gasteiger partial charge in [-0.05, 0) is 24.6 Å². The van der Waals surface area contributed by atoms with Gasteiger partial charge in [-0.2, -0.15) is 0 Å². The second-order valence-electron chi connectivity index (χ2n) is 4.16. The molecule has 0 radical (unpaired) electrons. The molecular formula is C15H18ClNO2. The molecule has 1 aromatic rings. The zero-order valence-electron chi connectivity index (χ0n) is 11.0. The van der Waals surface area contributed by atoms with Crippen molar-refractivity contribution < 1.29 is 9.90 Å². The Hall–Kier alpha value is -1.50. The third kappa shape index (κ3) is 5.78. The first kappa shape index (κ1) is 15.6. The molecule has 0 spiro atoms. The van der Waals surface area contributed by atoms with Crippen LogP contribution in [0.1, 0.15) is 38.2 Å². The van der Waals surface area contributed by atoms with E-state index in [1.165, 1.54) is 0 Å². The molecule has 0 bridgehead atoms. The molecule has 1 aromatic carbocycles. The quantitative estimate of drug-likeness (QED) is 0.642. The van der Waals surface area contributed by atoms with E-state index in [1.807, 2.05) is 0 Å².